The second kappa shape index (κ2) is 12.3. The van der Waals surface area contributed by atoms with Crippen LogP contribution in [0.5, 0.6) is 0 Å². The van der Waals surface area contributed by atoms with Crippen LogP contribution in [0.3, 0.4) is 0 Å². The van der Waals surface area contributed by atoms with E-state index < -0.39 is 0 Å². The van der Waals surface area contributed by atoms with Crippen molar-refractivity contribution in [3.8, 4) is 0 Å². The second-order valence-corrected chi connectivity index (χ2v) is 1.85. The van der Waals surface area contributed by atoms with E-state index >= 15 is 0 Å². The molecule has 0 aliphatic rings. The molecule has 5 heteroatoms. The lowest BCUT2D eigenvalue weighted by Crippen LogP contribution is -1.56. The van der Waals surface area contributed by atoms with E-state index in [0.717, 1.165) is 4.90 Å². The molecular weight excluding hydrogens is 197 g/mol. The van der Waals surface area contributed by atoms with Crippen LogP contribution in [0.15, 0.2) is 35.2 Å². The average Bonchev–Trinajstić information content (AvgIpc) is 1.69. The zero-order valence-corrected chi connectivity index (χ0v) is 7.18. The van der Waals surface area contributed by atoms with Gasteiger partial charge in [0.05, 0.1) is 0 Å². The van der Waals surface area contributed by atoms with Crippen molar-refractivity contribution in [1.82, 2.24) is 0 Å². The number of hydrogen-bond acceptors (Lipinski definition) is 1. The Morgan fingerprint density at radius 3 is 1.36 bits per heavy atom. The summed E-state index contributed by atoms with van der Waals surface area (Å²) in [7, 11) is 0. The van der Waals surface area contributed by atoms with Crippen LogP contribution < -0.4 is 0 Å². The number of hydrogen-bond donors (Lipinski definition) is 1. The van der Waals surface area contributed by atoms with Crippen molar-refractivity contribution in [2.45, 2.75) is 4.90 Å². The van der Waals surface area contributed by atoms with Crippen LogP contribution >= 0.6 is 25.0 Å². The van der Waals surface area contributed by atoms with E-state index in [4.69, 9.17) is 0 Å². The van der Waals surface area contributed by atoms with E-state index in [0.29, 0.717) is 0 Å². The molecule has 68 valence electrons. The van der Waals surface area contributed by atoms with Crippen LogP contribution in [-0.2, 0) is 0 Å². The quantitative estimate of drug-likeness (QED) is 0.620. The molecule has 0 aliphatic heterocycles. The standard InChI is InChI=1S/C6H6S.ClH.3FH/c7-6-4-2-1-3-5-6;;;;/h1-5,7H;4*1H. The molecule has 0 saturated heterocycles. The average molecular weight is 207 g/mol. The van der Waals surface area contributed by atoms with Gasteiger partial charge in [0.2, 0.25) is 0 Å². The molecule has 1 rings (SSSR count). The molecule has 0 heterocycles. The molecule has 1 aromatic carbocycles. The smallest absolute Gasteiger partial charge is 0.00399 e. The summed E-state index contributed by atoms with van der Waals surface area (Å²) in [5.41, 5.74) is 0. The zero-order valence-electron chi connectivity index (χ0n) is 5.47. The molecule has 0 aliphatic carbocycles. The first kappa shape index (κ1) is 22.4. The Hall–Kier alpha value is -0.350. The summed E-state index contributed by atoms with van der Waals surface area (Å²) in [4.78, 5) is 1.02. The normalized spacial score (nSPS) is 5.55. The Balaban J connectivity index is -0.0000000612. The van der Waals surface area contributed by atoms with Crippen molar-refractivity contribution in [2.24, 2.45) is 0 Å². The van der Waals surface area contributed by atoms with Crippen molar-refractivity contribution >= 4 is 25.0 Å². The van der Waals surface area contributed by atoms with E-state index in [1.807, 2.05) is 30.3 Å². The number of halogens is 4. The molecule has 0 radical (unpaired) electrons. The highest BCUT2D eigenvalue weighted by atomic mass is 35.5. The summed E-state index contributed by atoms with van der Waals surface area (Å²) in [6.07, 6.45) is 0. The first-order valence-corrected chi connectivity index (χ1v) is 2.58. The summed E-state index contributed by atoms with van der Waals surface area (Å²) in [5.74, 6) is 0. The van der Waals surface area contributed by atoms with Gasteiger partial charge in [0, 0.05) is 4.90 Å². The van der Waals surface area contributed by atoms with Crippen LogP contribution in [0.2, 0.25) is 0 Å². The second-order valence-electron chi connectivity index (χ2n) is 1.34. The Kier molecular flexibility index (Phi) is 25.2. The van der Waals surface area contributed by atoms with Gasteiger partial charge in [-0.25, -0.2) is 0 Å². The molecule has 0 unspecified atom stereocenters. The van der Waals surface area contributed by atoms with Gasteiger partial charge in [0.15, 0.2) is 0 Å². The van der Waals surface area contributed by atoms with E-state index in [1.165, 1.54) is 0 Å². The molecule has 0 fully saturated rings. The van der Waals surface area contributed by atoms with Crippen LogP contribution in [0, 0.1) is 0 Å². The highest BCUT2D eigenvalue weighted by Crippen LogP contribution is 2.00. The van der Waals surface area contributed by atoms with Crippen LogP contribution in [-0.4, -0.2) is 0 Å². The largest absolute Gasteiger partial charge is 0.269 e. The third-order valence-corrected chi connectivity index (χ3v) is 1.05. The predicted molar refractivity (Wildman–Crippen MR) is 48.5 cm³/mol. The summed E-state index contributed by atoms with van der Waals surface area (Å²) >= 11 is 4.08. The van der Waals surface area contributed by atoms with Crippen molar-refractivity contribution in [3.63, 3.8) is 0 Å². The minimum atomic E-state index is 0. The Bertz CT molecular complexity index is 148. The highest BCUT2D eigenvalue weighted by Gasteiger charge is 1.73. The molecular formula is C6H10ClF3S. The van der Waals surface area contributed by atoms with Gasteiger partial charge in [-0.3, -0.25) is 14.1 Å². The minimum absolute atomic E-state index is 0. The van der Waals surface area contributed by atoms with Crippen molar-refractivity contribution in [3.05, 3.63) is 30.3 Å². The lowest BCUT2D eigenvalue weighted by Gasteiger charge is -1.81. The van der Waals surface area contributed by atoms with Crippen LogP contribution in [0.25, 0.3) is 0 Å². The van der Waals surface area contributed by atoms with Crippen LogP contribution in [0.4, 0.5) is 14.1 Å². The first-order valence-electron chi connectivity index (χ1n) is 2.13. The molecule has 1 aromatic rings. The zero-order chi connectivity index (χ0) is 5.11. The van der Waals surface area contributed by atoms with Gasteiger partial charge in [-0.1, -0.05) is 18.2 Å². The van der Waals surface area contributed by atoms with E-state index in [2.05, 4.69) is 12.6 Å². The van der Waals surface area contributed by atoms with Gasteiger partial charge in [0.25, 0.3) is 0 Å². The molecule has 0 spiro atoms. The number of thiol groups is 1. The summed E-state index contributed by atoms with van der Waals surface area (Å²) in [5, 5.41) is 0. The molecule has 0 saturated carbocycles. The highest BCUT2D eigenvalue weighted by molar-refractivity contribution is 7.80. The lowest BCUT2D eigenvalue weighted by molar-refractivity contribution is 1.11. The molecule has 0 nitrogen and oxygen atoms in total. The maximum Gasteiger partial charge on any atom is 0.00399 e. The van der Waals surface area contributed by atoms with Crippen molar-refractivity contribution in [1.29, 1.82) is 0 Å². The van der Waals surface area contributed by atoms with Gasteiger partial charge < -0.3 is 0 Å². The SMILES string of the molecule is Cl.F.F.F.Sc1ccccc1. The Morgan fingerprint density at radius 1 is 0.818 bits per heavy atom. The predicted octanol–water partition coefficient (Wildman–Crippen LogP) is 2.85. The maximum absolute atomic E-state index is 4.08. The molecule has 0 N–H and O–H groups in total. The molecule has 0 amide bonds. The Labute approximate surface area is 74.9 Å². The fourth-order valence-electron chi connectivity index (χ4n) is 0.428. The fourth-order valence-corrected chi connectivity index (χ4v) is 0.600. The van der Waals surface area contributed by atoms with E-state index in [9.17, 15) is 0 Å². The monoisotopic (exact) mass is 206 g/mol. The van der Waals surface area contributed by atoms with Gasteiger partial charge in [-0.05, 0) is 12.1 Å². The molecule has 0 bridgehead atoms. The number of rotatable bonds is 0. The Morgan fingerprint density at radius 2 is 1.18 bits per heavy atom. The fraction of sp³-hybridized carbons (Fsp3) is 0. The minimum Gasteiger partial charge on any atom is -0.269 e. The third kappa shape index (κ3) is 9.65. The molecule has 0 atom stereocenters. The summed E-state index contributed by atoms with van der Waals surface area (Å²) in [6, 6.07) is 9.79. The number of benzene rings is 1. The summed E-state index contributed by atoms with van der Waals surface area (Å²) < 4.78 is 0. The molecule has 0 aromatic heterocycles. The first-order chi connectivity index (χ1) is 3.39. The van der Waals surface area contributed by atoms with Gasteiger partial charge >= 0.3 is 0 Å². The van der Waals surface area contributed by atoms with Gasteiger partial charge in [0.1, 0.15) is 0 Å². The third-order valence-electron chi connectivity index (χ3n) is 0.756. The molecule has 11 heavy (non-hydrogen) atoms. The van der Waals surface area contributed by atoms with Crippen molar-refractivity contribution in [2.75, 3.05) is 0 Å². The topological polar surface area (TPSA) is 0 Å². The lowest BCUT2D eigenvalue weighted by atomic mass is 10.4. The van der Waals surface area contributed by atoms with Crippen LogP contribution in [0.1, 0.15) is 0 Å². The van der Waals surface area contributed by atoms with Gasteiger partial charge in [-0.15, -0.1) is 25.0 Å². The maximum atomic E-state index is 4.08. The summed E-state index contributed by atoms with van der Waals surface area (Å²) in [6.45, 7) is 0. The van der Waals surface area contributed by atoms with Gasteiger partial charge in [-0.2, -0.15) is 0 Å². The van der Waals surface area contributed by atoms with Crippen molar-refractivity contribution < 1.29 is 14.1 Å². The van der Waals surface area contributed by atoms with E-state index in [1.54, 1.807) is 0 Å². The van der Waals surface area contributed by atoms with E-state index in [-0.39, 0.29) is 26.5 Å².